The van der Waals surface area contributed by atoms with Crippen LogP contribution >= 0.6 is 0 Å². The van der Waals surface area contributed by atoms with Gasteiger partial charge in [0, 0.05) is 31.2 Å². The van der Waals surface area contributed by atoms with Crippen LogP contribution in [0.25, 0.3) is 0 Å². The van der Waals surface area contributed by atoms with Crippen LogP contribution in [-0.4, -0.2) is 36.6 Å². The minimum absolute atomic E-state index is 0.137. The van der Waals surface area contributed by atoms with E-state index in [0.29, 0.717) is 0 Å². The minimum Gasteiger partial charge on any atom is -0.467 e. The summed E-state index contributed by atoms with van der Waals surface area (Å²) in [5.74, 6) is -0.0409. The van der Waals surface area contributed by atoms with Crippen LogP contribution in [0, 0.1) is 5.92 Å². The lowest BCUT2D eigenvalue weighted by Crippen LogP contribution is -2.60. The molecule has 0 aliphatic carbocycles. The lowest BCUT2D eigenvalue weighted by Gasteiger charge is -2.45. The first-order valence-corrected chi connectivity index (χ1v) is 8.82. The highest BCUT2D eigenvalue weighted by molar-refractivity contribution is 5.85. The van der Waals surface area contributed by atoms with Crippen molar-refractivity contribution < 1.29 is 9.53 Å². The molecule has 0 aromatic heterocycles. The molecule has 0 unspecified atom stereocenters. The predicted octanol–water partition coefficient (Wildman–Crippen LogP) is 3.55. The largest absolute Gasteiger partial charge is 0.467 e. The molecule has 1 aliphatic rings. The highest BCUT2D eigenvalue weighted by Gasteiger charge is 2.47. The monoisotopic (exact) mass is 338 g/mol. The first kappa shape index (κ1) is 17.5. The van der Waals surface area contributed by atoms with Crippen molar-refractivity contribution in [3.63, 3.8) is 0 Å². The van der Waals surface area contributed by atoms with E-state index in [2.05, 4.69) is 41.4 Å². The smallest absolute Gasteiger partial charge is 0.331 e. The molecule has 1 fully saturated rings. The Labute approximate surface area is 149 Å². The van der Waals surface area contributed by atoms with Crippen molar-refractivity contribution in [1.29, 1.82) is 0 Å². The Kier molecular flexibility index (Phi) is 5.39. The fraction of sp³-hybridized carbons (Fsp3) is 0.381. The molecule has 1 N–H and O–H groups in total. The van der Waals surface area contributed by atoms with Crippen LogP contribution in [0.3, 0.4) is 0 Å². The summed E-state index contributed by atoms with van der Waals surface area (Å²) in [5, 5.41) is 3.48. The molecule has 1 heterocycles. The van der Waals surface area contributed by atoms with Gasteiger partial charge in [0.05, 0.1) is 7.11 Å². The Hall–Kier alpha value is -2.33. The summed E-state index contributed by atoms with van der Waals surface area (Å²) in [5.41, 5.74) is 1.58. The van der Waals surface area contributed by atoms with Gasteiger partial charge >= 0.3 is 5.97 Å². The lowest BCUT2D eigenvalue weighted by molar-refractivity contribution is -0.150. The zero-order valence-electron chi connectivity index (χ0n) is 14.9. The number of rotatable bonds is 5. The van der Waals surface area contributed by atoms with Gasteiger partial charge in [-0.1, -0.05) is 55.5 Å². The molecule has 0 bridgehead atoms. The number of nitrogens with one attached hydrogen (secondary N) is 1. The molecule has 4 nitrogen and oxygen atoms in total. The summed E-state index contributed by atoms with van der Waals surface area (Å²) in [7, 11) is 1.47. The third-order valence-electron chi connectivity index (χ3n) is 5.14. The molecule has 2 aromatic carbocycles. The molecule has 25 heavy (non-hydrogen) atoms. The molecule has 2 atom stereocenters. The Morgan fingerprint density at radius 3 is 2.40 bits per heavy atom. The van der Waals surface area contributed by atoms with E-state index >= 15 is 0 Å². The maximum absolute atomic E-state index is 12.7. The van der Waals surface area contributed by atoms with E-state index in [0.717, 1.165) is 31.7 Å². The van der Waals surface area contributed by atoms with Crippen molar-refractivity contribution in [2.45, 2.75) is 25.4 Å². The normalized spacial score (nSPS) is 23.8. The summed E-state index contributed by atoms with van der Waals surface area (Å²) >= 11 is 0. The fourth-order valence-electron chi connectivity index (χ4n) is 3.70. The molecule has 0 saturated carbocycles. The first-order valence-electron chi connectivity index (χ1n) is 8.82. The molecule has 2 aromatic rings. The highest BCUT2D eigenvalue weighted by atomic mass is 16.5. The van der Waals surface area contributed by atoms with Crippen LogP contribution in [0.2, 0.25) is 0 Å². The number of esters is 1. The maximum Gasteiger partial charge on any atom is 0.331 e. The van der Waals surface area contributed by atoms with E-state index in [-0.39, 0.29) is 11.9 Å². The van der Waals surface area contributed by atoms with Gasteiger partial charge in [0.15, 0.2) is 0 Å². The van der Waals surface area contributed by atoms with Gasteiger partial charge in [-0.15, -0.1) is 0 Å². The van der Waals surface area contributed by atoms with Crippen molar-refractivity contribution >= 4 is 11.7 Å². The zero-order chi connectivity index (χ0) is 17.7. The summed E-state index contributed by atoms with van der Waals surface area (Å²) in [6.45, 7) is 4.75. The second kappa shape index (κ2) is 7.70. The van der Waals surface area contributed by atoms with Crippen molar-refractivity contribution in [1.82, 2.24) is 4.90 Å². The maximum atomic E-state index is 12.7. The second-order valence-corrected chi connectivity index (χ2v) is 6.83. The number of hydrogen-bond donors (Lipinski definition) is 1. The molecule has 1 saturated heterocycles. The van der Waals surface area contributed by atoms with Gasteiger partial charge in [0.25, 0.3) is 0 Å². The average molecular weight is 338 g/mol. The number of carbonyl (C=O) groups is 1. The molecule has 132 valence electrons. The number of ether oxygens (including phenoxy) is 1. The number of methoxy groups -OCH3 is 1. The van der Waals surface area contributed by atoms with Crippen molar-refractivity contribution in [2.24, 2.45) is 5.92 Å². The number of hydrogen-bond acceptors (Lipinski definition) is 4. The number of likely N-dealkylation sites (tertiary alicyclic amines) is 1. The first-order chi connectivity index (χ1) is 12.1. The average Bonchev–Trinajstić information content (AvgIpc) is 2.65. The van der Waals surface area contributed by atoms with Crippen LogP contribution in [0.15, 0.2) is 60.7 Å². The number of piperidine rings is 1. The Balaban J connectivity index is 1.75. The molecular formula is C21H26N2O2. The van der Waals surface area contributed by atoms with Crippen LogP contribution in [-0.2, 0) is 16.1 Å². The minimum atomic E-state index is -0.677. The molecule has 0 amide bonds. The SMILES string of the molecule is COC(=O)[C@@]1(Nc2ccccc2)CCN(Cc2ccccc2)C[C@@H]1C. The number of benzene rings is 2. The van der Waals surface area contributed by atoms with Crippen molar-refractivity contribution in [3.8, 4) is 0 Å². The summed E-state index contributed by atoms with van der Waals surface area (Å²) in [6, 6.07) is 20.4. The van der Waals surface area contributed by atoms with E-state index in [1.165, 1.54) is 12.7 Å². The quantitative estimate of drug-likeness (QED) is 0.847. The van der Waals surface area contributed by atoms with Crippen LogP contribution in [0.1, 0.15) is 18.9 Å². The van der Waals surface area contributed by atoms with E-state index in [9.17, 15) is 4.79 Å². The van der Waals surface area contributed by atoms with Gasteiger partial charge in [-0.2, -0.15) is 0 Å². The summed E-state index contributed by atoms with van der Waals surface area (Å²) in [4.78, 5) is 15.1. The van der Waals surface area contributed by atoms with Gasteiger partial charge in [0.2, 0.25) is 0 Å². The van der Waals surface area contributed by atoms with E-state index < -0.39 is 5.54 Å². The molecular weight excluding hydrogens is 312 g/mol. The zero-order valence-corrected chi connectivity index (χ0v) is 14.9. The Bertz CT molecular complexity index is 690. The van der Waals surface area contributed by atoms with E-state index in [4.69, 9.17) is 4.74 Å². The summed E-state index contributed by atoms with van der Waals surface area (Å²) < 4.78 is 5.17. The fourth-order valence-corrected chi connectivity index (χ4v) is 3.70. The van der Waals surface area contributed by atoms with Gasteiger partial charge < -0.3 is 10.1 Å². The molecule has 0 spiro atoms. The van der Waals surface area contributed by atoms with E-state index in [1.54, 1.807) is 0 Å². The van der Waals surface area contributed by atoms with Crippen LogP contribution in [0.5, 0.6) is 0 Å². The number of para-hydroxylation sites is 1. The summed E-state index contributed by atoms with van der Waals surface area (Å²) in [6.07, 6.45) is 0.725. The third-order valence-corrected chi connectivity index (χ3v) is 5.14. The molecule has 3 rings (SSSR count). The number of nitrogens with zero attached hydrogens (tertiary/aromatic N) is 1. The standard InChI is InChI=1S/C21H26N2O2/c1-17-15-23(16-18-9-5-3-6-10-18)14-13-21(17,20(24)25-2)22-19-11-7-4-8-12-19/h3-12,17,22H,13-16H2,1-2H3/t17-,21+/m0/s1. The second-order valence-electron chi connectivity index (χ2n) is 6.83. The highest BCUT2D eigenvalue weighted by Crippen LogP contribution is 2.33. The van der Waals surface area contributed by atoms with Gasteiger partial charge in [-0.25, -0.2) is 4.79 Å². The number of anilines is 1. The molecule has 1 aliphatic heterocycles. The Morgan fingerprint density at radius 1 is 1.16 bits per heavy atom. The third kappa shape index (κ3) is 3.85. The van der Waals surface area contributed by atoms with Crippen molar-refractivity contribution in [2.75, 3.05) is 25.5 Å². The van der Waals surface area contributed by atoms with E-state index in [1.807, 2.05) is 36.4 Å². The molecule has 4 heteroatoms. The topological polar surface area (TPSA) is 41.6 Å². The van der Waals surface area contributed by atoms with Crippen LogP contribution in [0.4, 0.5) is 5.69 Å². The lowest BCUT2D eigenvalue weighted by atomic mass is 9.78. The van der Waals surface area contributed by atoms with Gasteiger partial charge in [-0.05, 0) is 24.1 Å². The van der Waals surface area contributed by atoms with Crippen LogP contribution < -0.4 is 5.32 Å². The van der Waals surface area contributed by atoms with Crippen molar-refractivity contribution in [3.05, 3.63) is 66.2 Å². The Morgan fingerprint density at radius 2 is 1.80 bits per heavy atom. The molecule has 0 radical (unpaired) electrons. The van der Waals surface area contributed by atoms with Gasteiger partial charge in [-0.3, -0.25) is 4.90 Å². The van der Waals surface area contributed by atoms with Gasteiger partial charge in [0.1, 0.15) is 5.54 Å². The number of carbonyl (C=O) groups excluding carboxylic acids is 1. The predicted molar refractivity (Wildman–Crippen MR) is 100 cm³/mol.